The van der Waals surface area contributed by atoms with Crippen LogP contribution in [0.1, 0.15) is 29.2 Å². The van der Waals surface area contributed by atoms with Crippen molar-refractivity contribution in [1.82, 2.24) is 19.2 Å². The summed E-state index contributed by atoms with van der Waals surface area (Å²) < 4.78 is 4.68. The third kappa shape index (κ3) is 3.02. The summed E-state index contributed by atoms with van der Waals surface area (Å²) in [4.78, 5) is 2.35. The molecule has 0 amide bonds. The molecule has 0 spiro atoms. The Hall–Kier alpha value is -2.24. The van der Waals surface area contributed by atoms with Gasteiger partial charge in [-0.05, 0) is 50.2 Å². The molecule has 0 saturated heterocycles. The number of nitrogens with zero attached hydrogens (tertiary/aromatic N) is 4. The minimum absolute atomic E-state index is 0.429. The fourth-order valence-electron chi connectivity index (χ4n) is 3.84. The lowest BCUT2D eigenvalue weighted by molar-refractivity contribution is 0.182. The van der Waals surface area contributed by atoms with Gasteiger partial charge in [-0.25, -0.2) is 4.68 Å². The van der Waals surface area contributed by atoms with Crippen molar-refractivity contribution in [2.45, 2.75) is 32.5 Å². The molecule has 1 aromatic heterocycles. The smallest absolute Gasteiger partial charge is 0.199 e. The van der Waals surface area contributed by atoms with E-state index in [0.29, 0.717) is 12.7 Å². The maximum absolute atomic E-state index is 5.65. The first-order chi connectivity index (χ1) is 12.5. The van der Waals surface area contributed by atoms with E-state index in [4.69, 9.17) is 17.3 Å². The van der Waals surface area contributed by atoms with Crippen LogP contribution in [-0.4, -0.2) is 26.3 Å². The molecule has 1 atom stereocenters. The van der Waals surface area contributed by atoms with Crippen LogP contribution in [0.2, 0.25) is 0 Å². The Kier molecular flexibility index (Phi) is 4.51. The van der Waals surface area contributed by atoms with Crippen LogP contribution in [-0.2, 0) is 20.1 Å². The first kappa shape index (κ1) is 17.2. The zero-order valence-corrected chi connectivity index (χ0v) is 16.3. The lowest BCUT2D eigenvalue weighted by Gasteiger charge is -2.24. The van der Waals surface area contributed by atoms with E-state index in [-0.39, 0.29) is 0 Å². The number of rotatable bonds is 4. The highest BCUT2D eigenvalue weighted by Crippen LogP contribution is 2.35. The zero-order chi connectivity index (χ0) is 18.3. The third-order valence-corrected chi connectivity index (χ3v) is 5.83. The van der Waals surface area contributed by atoms with Crippen LogP contribution in [0.4, 0.5) is 0 Å². The van der Waals surface area contributed by atoms with Crippen LogP contribution >= 0.6 is 12.2 Å². The molecule has 0 saturated carbocycles. The first-order valence-corrected chi connectivity index (χ1v) is 9.44. The van der Waals surface area contributed by atoms with Gasteiger partial charge in [0.15, 0.2) is 10.6 Å². The number of aryl methyl sites for hydroxylation is 2. The van der Waals surface area contributed by atoms with Crippen LogP contribution in [0.3, 0.4) is 0 Å². The van der Waals surface area contributed by atoms with E-state index >= 15 is 0 Å². The van der Waals surface area contributed by atoms with Crippen molar-refractivity contribution in [3.05, 3.63) is 70.0 Å². The summed E-state index contributed by atoms with van der Waals surface area (Å²) in [5, 5.41) is 4.81. The minimum Gasteiger partial charge on any atom is -0.303 e. The summed E-state index contributed by atoms with van der Waals surface area (Å²) >= 11 is 5.65. The molecule has 1 unspecified atom stereocenters. The van der Waals surface area contributed by atoms with Gasteiger partial charge in [0.1, 0.15) is 0 Å². The third-order valence-electron chi connectivity index (χ3n) is 5.34. The molecule has 0 fully saturated rings. The topological polar surface area (TPSA) is 26.0 Å². The lowest BCUT2D eigenvalue weighted by Crippen LogP contribution is -2.26. The van der Waals surface area contributed by atoms with E-state index < -0.39 is 0 Å². The largest absolute Gasteiger partial charge is 0.303 e. The number of benzene rings is 2. The summed E-state index contributed by atoms with van der Waals surface area (Å²) in [6, 6.07) is 17.6. The second-order valence-corrected chi connectivity index (χ2v) is 7.55. The van der Waals surface area contributed by atoms with Crippen LogP contribution in [0.15, 0.2) is 48.5 Å². The van der Waals surface area contributed by atoms with Gasteiger partial charge in [-0.3, -0.25) is 4.90 Å². The van der Waals surface area contributed by atoms with Crippen LogP contribution < -0.4 is 0 Å². The highest BCUT2D eigenvalue weighted by Gasteiger charge is 2.26. The molecule has 1 aliphatic carbocycles. The van der Waals surface area contributed by atoms with Crippen molar-refractivity contribution in [2.24, 2.45) is 7.05 Å². The molecule has 4 nitrogen and oxygen atoms in total. The molecule has 0 radical (unpaired) electrons. The average molecular weight is 365 g/mol. The number of fused-ring (bicyclic) bond motifs is 1. The normalized spacial score (nSPS) is 16.2. The summed E-state index contributed by atoms with van der Waals surface area (Å²) in [5.41, 5.74) is 5.25. The standard InChI is InChI=1S/C21H24N4S/c1-15-8-10-17(11-9-15)20-22-25(21(26)24(20)3)14-23(2)19-13-12-16-6-4-5-7-18(16)19/h4-11,19H,12-14H2,1-3H3. The Morgan fingerprint density at radius 2 is 1.88 bits per heavy atom. The van der Waals surface area contributed by atoms with Gasteiger partial charge >= 0.3 is 0 Å². The molecule has 4 rings (SSSR count). The molecule has 3 aromatic rings. The molecule has 0 aliphatic heterocycles. The second-order valence-electron chi connectivity index (χ2n) is 7.18. The fraction of sp³-hybridized carbons (Fsp3) is 0.333. The summed E-state index contributed by atoms with van der Waals surface area (Å²) in [6.45, 7) is 2.78. The predicted molar refractivity (Wildman–Crippen MR) is 107 cm³/mol. The SMILES string of the molecule is Cc1ccc(-c2nn(CN(C)C3CCc4ccccc43)c(=S)n2C)cc1. The van der Waals surface area contributed by atoms with Gasteiger partial charge in [-0.15, -0.1) is 0 Å². The van der Waals surface area contributed by atoms with Crippen molar-refractivity contribution in [3.63, 3.8) is 0 Å². The van der Waals surface area contributed by atoms with Crippen molar-refractivity contribution in [1.29, 1.82) is 0 Å². The lowest BCUT2D eigenvalue weighted by atomic mass is 10.1. The Balaban J connectivity index is 1.60. The molecule has 134 valence electrons. The monoisotopic (exact) mass is 364 g/mol. The minimum atomic E-state index is 0.429. The molecule has 1 aliphatic rings. The highest BCUT2D eigenvalue weighted by atomic mass is 32.1. The van der Waals surface area contributed by atoms with Gasteiger partial charge in [-0.1, -0.05) is 54.1 Å². The number of hydrogen-bond acceptors (Lipinski definition) is 3. The molecule has 1 heterocycles. The van der Waals surface area contributed by atoms with Crippen molar-refractivity contribution in [3.8, 4) is 11.4 Å². The van der Waals surface area contributed by atoms with E-state index in [0.717, 1.165) is 29.0 Å². The van der Waals surface area contributed by atoms with E-state index in [1.165, 1.54) is 16.7 Å². The van der Waals surface area contributed by atoms with Gasteiger partial charge < -0.3 is 4.57 Å². The number of aromatic nitrogens is 3. The Labute approximate surface area is 159 Å². The molecular weight excluding hydrogens is 340 g/mol. The summed E-state index contributed by atoms with van der Waals surface area (Å²) in [5.74, 6) is 0.912. The van der Waals surface area contributed by atoms with Gasteiger partial charge in [-0.2, -0.15) is 5.10 Å². The van der Waals surface area contributed by atoms with Crippen molar-refractivity contribution >= 4 is 12.2 Å². The van der Waals surface area contributed by atoms with Gasteiger partial charge in [0.2, 0.25) is 0 Å². The zero-order valence-electron chi connectivity index (χ0n) is 15.5. The average Bonchev–Trinajstić information content (AvgIpc) is 3.19. The predicted octanol–water partition coefficient (Wildman–Crippen LogP) is 4.50. The highest BCUT2D eigenvalue weighted by molar-refractivity contribution is 7.71. The first-order valence-electron chi connectivity index (χ1n) is 9.03. The van der Waals surface area contributed by atoms with Gasteiger partial charge in [0.25, 0.3) is 0 Å². The Morgan fingerprint density at radius 1 is 1.15 bits per heavy atom. The molecule has 26 heavy (non-hydrogen) atoms. The quantitative estimate of drug-likeness (QED) is 0.638. The second kappa shape index (κ2) is 6.82. The molecule has 0 N–H and O–H groups in total. The van der Waals surface area contributed by atoms with Crippen LogP contribution in [0.5, 0.6) is 0 Å². The van der Waals surface area contributed by atoms with Crippen LogP contribution in [0, 0.1) is 11.7 Å². The van der Waals surface area contributed by atoms with Crippen molar-refractivity contribution in [2.75, 3.05) is 7.05 Å². The Bertz CT molecular complexity index is 984. The van der Waals surface area contributed by atoms with Gasteiger partial charge in [0, 0.05) is 18.7 Å². The molecule has 0 bridgehead atoms. The maximum atomic E-state index is 5.65. The van der Waals surface area contributed by atoms with E-state index in [2.05, 4.69) is 67.4 Å². The molecule has 2 aromatic carbocycles. The van der Waals surface area contributed by atoms with E-state index in [9.17, 15) is 0 Å². The number of hydrogen-bond donors (Lipinski definition) is 0. The molecule has 5 heteroatoms. The van der Waals surface area contributed by atoms with E-state index in [1.54, 1.807) is 0 Å². The molecular formula is C21H24N4S. The fourth-order valence-corrected chi connectivity index (χ4v) is 4.02. The summed E-state index contributed by atoms with van der Waals surface area (Å²) in [7, 11) is 4.15. The van der Waals surface area contributed by atoms with Gasteiger partial charge in [0.05, 0.1) is 6.67 Å². The van der Waals surface area contributed by atoms with Crippen molar-refractivity contribution < 1.29 is 0 Å². The summed E-state index contributed by atoms with van der Waals surface area (Å²) in [6.07, 6.45) is 2.30. The Morgan fingerprint density at radius 3 is 2.65 bits per heavy atom. The van der Waals surface area contributed by atoms with E-state index in [1.807, 2.05) is 16.3 Å². The van der Waals surface area contributed by atoms with Crippen LogP contribution in [0.25, 0.3) is 11.4 Å². The maximum Gasteiger partial charge on any atom is 0.199 e.